The molecule has 8 rings (SSSR count). The number of nitriles is 1. The van der Waals surface area contributed by atoms with Crippen LogP contribution >= 0.6 is 10.0 Å². The van der Waals surface area contributed by atoms with Gasteiger partial charge in [-0.3, -0.25) is 4.99 Å². The Balaban J connectivity index is 1.14. The molecule has 212 valence electrons. The van der Waals surface area contributed by atoms with Crippen LogP contribution < -0.4 is 4.90 Å². The molecular formula is C38H39N3S. The average molecular weight is 570 g/mol. The first kappa shape index (κ1) is 26.1. The zero-order chi connectivity index (χ0) is 28.4. The maximum Gasteiger partial charge on any atom is 0.0675 e. The van der Waals surface area contributed by atoms with Crippen LogP contribution in [-0.2, 0) is 0 Å². The predicted molar refractivity (Wildman–Crippen MR) is 178 cm³/mol. The highest BCUT2D eigenvalue weighted by molar-refractivity contribution is 8.39. The lowest BCUT2D eigenvalue weighted by Gasteiger charge is -2.41. The zero-order valence-electron chi connectivity index (χ0n) is 24.7. The molecule has 4 unspecified atom stereocenters. The molecule has 4 heteroatoms. The first-order valence-electron chi connectivity index (χ1n) is 15.7. The van der Waals surface area contributed by atoms with Crippen LogP contribution in [-0.4, -0.2) is 31.3 Å². The fourth-order valence-electron chi connectivity index (χ4n) is 8.49. The Hall–Kier alpha value is -3.55. The molecule has 42 heavy (non-hydrogen) atoms. The van der Waals surface area contributed by atoms with Crippen molar-refractivity contribution in [3.63, 3.8) is 0 Å². The van der Waals surface area contributed by atoms with Crippen LogP contribution in [0.3, 0.4) is 0 Å². The van der Waals surface area contributed by atoms with E-state index in [2.05, 4.69) is 108 Å². The molecule has 0 saturated carbocycles. The quantitative estimate of drug-likeness (QED) is 0.364. The van der Waals surface area contributed by atoms with Gasteiger partial charge in [0.15, 0.2) is 0 Å². The Kier molecular flexibility index (Phi) is 6.23. The SMILES string of the molecule is CS1(C)C2=C(C=CCC2)C2=C1C1c3ccccc3N(C3=CC(C4=CC(C5C=NCC(C#N)C5)=CCC4)=CCC3)C1C=C2. The molecule has 0 saturated heterocycles. The van der Waals surface area contributed by atoms with Crippen molar-refractivity contribution in [1.29, 1.82) is 5.26 Å². The second kappa shape index (κ2) is 10.0. The van der Waals surface area contributed by atoms with E-state index in [1.54, 1.807) is 9.81 Å². The largest absolute Gasteiger partial charge is 0.337 e. The summed E-state index contributed by atoms with van der Waals surface area (Å²) in [6, 6.07) is 12.0. The highest BCUT2D eigenvalue weighted by Crippen LogP contribution is 2.72. The van der Waals surface area contributed by atoms with Crippen LogP contribution in [0.4, 0.5) is 5.69 Å². The summed E-state index contributed by atoms with van der Waals surface area (Å²) >= 11 is 0. The highest BCUT2D eigenvalue weighted by atomic mass is 32.3. The van der Waals surface area contributed by atoms with E-state index < -0.39 is 10.0 Å². The second-order valence-electron chi connectivity index (χ2n) is 13.1. The van der Waals surface area contributed by atoms with E-state index in [1.807, 2.05) is 0 Å². The number of anilines is 1. The van der Waals surface area contributed by atoms with Gasteiger partial charge in [0.1, 0.15) is 0 Å². The lowest BCUT2D eigenvalue weighted by atomic mass is 9.82. The van der Waals surface area contributed by atoms with E-state index >= 15 is 0 Å². The zero-order valence-corrected chi connectivity index (χ0v) is 25.5. The summed E-state index contributed by atoms with van der Waals surface area (Å²) in [5.41, 5.74) is 11.6. The molecule has 4 atom stereocenters. The molecule has 0 bridgehead atoms. The number of para-hydroxylation sites is 1. The minimum absolute atomic E-state index is 0.0332. The molecule has 0 amide bonds. The van der Waals surface area contributed by atoms with E-state index in [0.717, 1.165) is 32.1 Å². The summed E-state index contributed by atoms with van der Waals surface area (Å²) in [7, 11) is -0.997. The van der Waals surface area contributed by atoms with E-state index in [4.69, 9.17) is 0 Å². The number of hydrogen-bond acceptors (Lipinski definition) is 3. The molecule has 0 fully saturated rings. The molecule has 0 N–H and O–H groups in total. The van der Waals surface area contributed by atoms with E-state index in [-0.39, 0.29) is 11.8 Å². The van der Waals surface area contributed by atoms with Gasteiger partial charge in [-0.15, -0.1) is 0 Å². The normalized spacial score (nSPS) is 31.3. The Labute approximate surface area is 252 Å². The molecule has 0 spiro atoms. The first-order valence-corrected chi connectivity index (χ1v) is 18.1. The second-order valence-corrected chi connectivity index (χ2v) is 16.7. The van der Waals surface area contributed by atoms with Gasteiger partial charge < -0.3 is 4.90 Å². The summed E-state index contributed by atoms with van der Waals surface area (Å²) in [5.74, 6) is 0.715. The van der Waals surface area contributed by atoms with E-state index in [0.29, 0.717) is 18.5 Å². The molecule has 3 aliphatic heterocycles. The number of benzene rings is 1. The number of nitrogens with zero attached hydrogens (tertiary/aromatic N) is 3. The summed E-state index contributed by atoms with van der Waals surface area (Å²) < 4.78 is 0. The van der Waals surface area contributed by atoms with Gasteiger partial charge in [0.2, 0.25) is 0 Å². The summed E-state index contributed by atoms with van der Waals surface area (Å²) in [5, 5.41) is 9.49. The smallest absolute Gasteiger partial charge is 0.0675 e. The maximum absolute atomic E-state index is 9.49. The van der Waals surface area contributed by atoms with E-state index in [1.165, 1.54) is 57.7 Å². The van der Waals surface area contributed by atoms with Gasteiger partial charge in [-0.25, -0.2) is 0 Å². The Morgan fingerprint density at radius 3 is 2.76 bits per heavy atom. The van der Waals surface area contributed by atoms with Crippen LogP contribution in [0.15, 0.2) is 121 Å². The van der Waals surface area contributed by atoms with Crippen LogP contribution in [0, 0.1) is 23.2 Å². The fraction of sp³-hybridized carbons (Fsp3) is 0.368. The van der Waals surface area contributed by atoms with Gasteiger partial charge in [-0.1, -0.05) is 60.7 Å². The number of aliphatic imine (C=N–C) groups is 1. The first-order chi connectivity index (χ1) is 20.5. The van der Waals surface area contributed by atoms with Crippen LogP contribution in [0.25, 0.3) is 0 Å². The fourth-order valence-corrected chi connectivity index (χ4v) is 11.7. The van der Waals surface area contributed by atoms with Crippen molar-refractivity contribution >= 4 is 21.9 Å². The molecule has 3 heterocycles. The minimum Gasteiger partial charge on any atom is -0.337 e. The third-order valence-electron chi connectivity index (χ3n) is 10.4. The van der Waals surface area contributed by atoms with E-state index in [9.17, 15) is 5.26 Å². The molecule has 1 aromatic carbocycles. The Morgan fingerprint density at radius 1 is 0.976 bits per heavy atom. The van der Waals surface area contributed by atoms with Crippen molar-refractivity contribution in [3.8, 4) is 6.07 Å². The number of allylic oxidation sites excluding steroid dienone is 14. The third-order valence-corrected chi connectivity index (χ3v) is 13.6. The minimum atomic E-state index is -0.997. The van der Waals surface area contributed by atoms with Crippen LogP contribution in [0.1, 0.15) is 56.4 Å². The van der Waals surface area contributed by atoms with Crippen molar-refractivity contribution < 1.29 is 0 Å². The standard InChI is InChI=1S/C38H39N3S/c1-42(2)36-16-6-4-13-31(36)32-17-18-35-37(38(32)42)33-14-3-5-15-34(33)41(35)30-12-8-11-28(21-30)26-9-7-10-27(20-26)29-19-25(22-39)23-40-24-29/h3-5,10-11,13-15,17-18,20-21,24-25,29,35,37H,6-9,12,16,19,23H2,1-2H3. The van der Waals surface area contributed by atoms with Crippen LogP contribution in [0.5, 0.6) is 0 Å². The highest BCUT2D eigenvalue weighted by Gasteiger charge is 2.49. The maximum atomic E-state index is 9.49. The van der Waals surface area contributed by atoms with Gasteiger partial charge in [-0.05, 0) is 113 Å². The number of fused-ring (bicyclic) bond motifs is 5. The summed E-state index contributed by atoms with van der Waals surface area (Å²) in [6.07, 6.45) is 34.3. The van der Waals surface area contributed by atoms with Gasteiger partial charge >= 0.3 is 0 Å². The van der Waals surface area contributed by atoms with Crippen molar-refractivity contribution in [3.05, 3.63) is 122 Å². The molecule has 7 aliphatic rings. The van der Waals surface area contributed by atoms with Gasteiger partial charge in [-0.2, -0.15) is 15.3 Å². The van der Waals surface area contributed by atoms with Gasteiger partial charge in [0.05, 0.1) is 24.6 Å². The third kappa shape index (κ3) is 3.97. The number of rotatable bonds is 3. The molecule has 0 radical (unpaired) electrons. The van der Waals surface area contributed by atoms with Crippen LogP contribution in [0.2, 0.25) is 0 Å². The molecular weight excluding hydrogens is 531 g/mol. The lowest BCUT2D eigenvalue weighted by Crippen LogP contribution is -2.35. The topological polar surface area (TPSA) is 39.4 Å². The summed E-state index contributed by atoms with van der Waals surface area (Å²) in [6.45, 7) is 0.647. The van der Waals surface area contributed by atoms with Crippen molar-refractivity contribution in [2.45, 2.75) is 56.9 Å². The molecule has 4 aliphatic carbocycles. The van der Waals surface area contributed by atoms with Crippen molar-refractivity contribution in [2.75, 3.05) is 24.0 Å². The Morgan fingerprint density at radius 2 is 1.86 bits per heavy atom. The number of hydrogen-bond donors (Lipinski definition) is 0. The lowest BCUT2D eigenvalue weighted by molar-refractivity contribution is 0.543. The Bertz CT molecular complexity index is 1690. The molecule has 3 nitrogen and oxygen atoms in total. The van der Waals surface area contributed by atoms with Gasteiger partial charge in [0.25, 0.3) is 0 Å². The van der Waals surface area contributed by atoms with Crippen molar-refractivity contribution in [2.24, 2.45) is 16.8 Å². The molecule has 1 aromatic rings. The molecule has 0 aromatic heterocycles. The van der Waals surface area contributed by atoms with Crippen molar-refractivity contribution in [1.82, 2.24) is 0 Å². The predicted octanol–water partition coefficient (Wildman–Crippen LogP) is 8.95. The summed E-state index contributed by atoms with van der Waals surface area (Å²) in [4.78, 5) is 10.7. The average Bonchev–Trinajstić information content (AvgIpc) is 3.50. The van der Waals surface area contributed by atoms with Gasteiger partial charge in [0, 0.05) is 29.4 Å². The monoisotopic (exact) mass is 569 g/mol.